The summed E-state index contributed by atoms with van der Waals surface area (Å²) in [5, 5.41) is 11.9. The molecule has 104 valence electrons. The second-order valence-electron chi connectivity index (χ2n) is 3.94. The van der Waals surface area contributed by atoms with E-state index >= 15 is 0 Å². The van der Waals surface area contributed by atoms with Crippen molar-refractivity contribution in [1.29, 1.82) is 0 Å². The molecule has 6 heteroatoms. The summed E-state index contributed by atoms with van der Waals surface area (Å²) >= 11 is 3.29. The number of rotatable bonds is 5. The van der Waals surface area contributed by atoms with Crippen molar-refractivity contribution in [1.82, 2.24) is 0 Å². The van der Waals surface area contributed by atoms with Crippen LogP contribution in [0.1, 0.15) is 16.1 Å². The van der Waals surface area contributed by atoms with Gasteiger partial charge in [0.2, 0.25) is 0 Å². The first-order valence-corrected chi connectivity index (χ1v) is 6.57. The first kappa shape index (κ1) is 14.5. The SMILES string of the molecule is COCOc1ccc[n+]([O-])c1C(=O)c1cccc(Br)c1. The van der Waals surface area contributed by atoms with E-state index in [1.54, 1.807) is 30.3 Å². The highest BCUT2D eigenvalue weighted by Crippen LogP contribution is 2.20. The molecule has 0 saturated heterocycles. The lowest BCUT2D eigenvalue weighted by atomic mass is 10.1. The average Bonchev–Trinajstić information content (AvgIpc) is 2.44. The minimum absolute atomic E-state index is 0.0389. The highest BCUT2D eigenvalue weighted by atomic mass is 79.9. The lowest BCUT2D eigenvalue weighted by molar-refractivity contribution is -0.608. The van der Waals surface area contributed by atoms with Crippen LogP contribution in [0, 0.1) is 5.21 Å². The first-order chi connectivity index (χ1) is 9.63. The molecule has 0 unspecified atom stereocenters. The third-order valence-electron chi connectivity index (χ3n) is 2.56. The molecule has 1 aromatic carbocycles. The van der Waals surface area contributed by atoms with Crippen LogP contribution >= 0.6 is 15.9 Å². The second kappa shape index (κ2) is 6.49. The number of ketones is 1. The topological polar surface area (TPSA) is 62.5 Å². The molecule has 2 aromatic rings. The molecule has 20 heavy (non-hydrogen) atoms. The minimum atomic E-state index is -0.409. The Bertz CT molecular complexity index is 630. The lowest BCUT2D eigenvalue weighted by Crippen LogP contribution is -2.35. The largest absolute Gasteiger partial charge is 0.618 e. The Balaban J connectivity index is 2.43. The minimum Gasteiger partial charge on any atom is -0.618 e. The summed E-state index contributed by atoms with van der Waals surface area (Å²) in [5.74, 6) is -0.220. The van der Waals surface area contributed by atoms with E-state index in [2.05, 4.69) is 15.9 Å². The Hall–Kier alpha value is -1.92. The van der Waals surface area contributed by atoms with Crippen LogP contribution in [0.2, 0.25) is 0 Å². The van der Waals surface area contributed by atoms with E-state index in [0.29, 0.717) is 10.3 Å². The van der Waals surface area contributed by atoms with Gasteiger partial charge in [0, 0.05) is 23.2 Å². The van der Waals surface area contributed by atoms with E-state index < -0.39 is 5.78 Å². The molecule has 0 saturated carbocycles. The Kier molecular flexibility index (Phi) is 4.70. The third-order valence-corrected chi connectivity index (χ3v) is 3.05. The molecule has 0 N–H and O–H groups in total. The number of hydrogen-bond acceptors (Lipinski definition) is 4. The highest BCUT2D eigenvalue weighted by Gasteiger charge is 2.24. The number of benzene rings is 1. The van der Waals surface area contributed by atoms with Crippen molar-refractivity contribution in [2.45, 2.75) is 0 Å². The zero-order valence-corrected chi connectivity index (χ0v) is 12.3. The molecule has 1 heterocycles. The average molecular weight is 338 g/mol. The molecule has 0 amide bonds. The molecule has 0 aliphatic heterocycles. The quantitative estimate of drug-likeness (QED) is 0.363. The molecule has 0 spiro atoms. The molecule has 0 bridgehead atoms. The molecule has 0 aliphatic carbocycles. The standard InChI is InChI=1S/C14H12BrNO4/c1-19-9-20-12-6-3-7-16(18)13(12)14(17)10-4-2-5-11(15)8-10/h2-8H,9H2,1H3. The van der Waals surface area contributed by atoms with Crippen molar-refractivity contribution in [2.75, 3.05) is 13.9 Å². The number of halogens is 1. The molecule has 0 atom stereocenters. The van der Waals surface area contributed by atoms with Gasteiger partial charge in [-0.2, -0.15) is 4.73 Å². The number of carbonyl (C=O) groups is 1. The van der Waals surface area contributed by atoms with Gasteiger partial charge in [-0.15, -0.1) is 0 Å². The van der Waals surface area contributed by atoms with Gasteiger partial charge in [0.1, 0.15) is 0 Å². The van der Waals surface area contributed by atoms with Crippen LogP contribution in [0.25, 0.3) is 0 Å². The van der Waals surface area contributed by atoms with Crippen LogP contribution in [0.5, 0.6) is 5.75 Å². The van der Waals surface area contributed by atoms with Crippen LogP contribution < -0.4 is 9.47 Å². The zero-order valence-electron chi connectivity index (χ0n) is 10.7. The zero-order chi connectivity index (χ0) is 14.5. The smallest absolute Gasteiger partial charge is 0.307 e. The fourth-order valence-corrected chi connectivity index (χ4v) is 2.09. The van der Waals surface area contributed by atoms with Gasteiger partial charge < -0.3 is 14.7 Å². The monoisotopic (exact) mass is 337 g/mol. The van der Waals surface area contributed by atoms with Crippen LogP contribution in [0.3, 0.4) is 0 Å². The van der Waals surface area contributed by atoms with Gasteiger partial charge in [-0.25, -0.2) is 0 Å². The van der Waals surface area contributed by atoms with E-state index in [1.165, 1.54) is 19.4 Å². The summed E-state index contributed by atoms with van der Waals surface area (Å²) in [6, 6.07) is 9.88. The molecule has 0 radical (unpaired) electrons. The van der Waals surface area contributed by atoms with Crippen molar-refractivity contribution in [3.05, 3.63) is 63.5 Å². The van der Waals surface area contributed by atoms with E-state index in [1.807, 2.05) is 0 Å². The number of methoxy groups -OCH3 is 1. The number of carbonyl (C=O) groups excluding carboxylic acids is 1. The van der Waals surface area contributed by atoms with Gasteiger partial charge in [0.25, 0.3) is 5.78 Å². The van der Waals surface area contributed by atoms with Crippen molar-refractivity contribution in [2.24, 2.45) is 0 Å². The second-order valence-corrected chi connectivity index (χ2v) is 4.85. The molecule has 0 fully saturated rings. The number of ether oxygens (including phenoxy) is 2. The molecule has 5 nitrogen and oxygen atoms in total. The fraction of sp³-hybridized carbons (Fsp3) is 0.143. The van der Waals surface area contributed by atoms with Gasteiger partial charge in [0.05, 0.1) is 0 Å². The third kappa shape index (κ3) is 3.15. The van der Waals surface area contributed by atoms with Crippen molar-refractivity contribution in [3.8, 4) is 5.75 Å². The maximum Gasteiger partial charge on any atom is 0.307 e. The highest BCUT2D eigenvalue weighted by molar-refractivity contribution is 9.10. The Morgan fingerprint density at radius 1 is 1.35 bits per heavy atom. The number of aromatic nitrogens is 1. The van der Waals surface area contributed by atoms with E-state index in [-0.39, 0.29) is 18.2 Å². The molecule has 0 aliphatic rings. The Morgan fingerprint density at radius 2 is 2.15 bits per heavy atom. The maximum absolute atomic E-state index is 12.4. The van der Waals surface area contributed by atoms with E-state index in [4.69, 9.17) is 9.47 Å². The van der Waals surface area contributed by atoms with Crippen molar-refractivity contribution >= 4 is 21.7 Å². The maximum atomic E-state index is 12.4. The van der Waals surface area contributed by atoms with Gasteiger partial charge >= 0.3 is 5.69 Å². The number of pyridine rings is 1. The predicted octanol–water partition coefficient (Wildman–Crippen LogP) is 2.30. The Labute approximate surface area is 124 Å². The Morgan fingerprint density at radius 3 is 2.85 bits per heavy atom. The summed E-state index contributed by atoms with van der Waals surface area (Å²) in [4.78, 5) is 12.4. The van der Waals surface area contributed by atoms with Crippen LogP contribution in [0.15, 0.2) is 47.1 Å². The number of nitrogens with zero attached hydrogens (tertiary/aromatic N) is 1. The summed E-state index contributed by atoms with van der Waals surface area (Å²) in [6.45, 7) is -0.0389. The van der Waals surface area contributed by atoms with Gasteiger partial charge in [-0.3, -0.25) is 4.79 Å². The first-order valence-electron chi connectivity index (χ1n) is 5.77. The van der Waals surface area contributed by atoms with Gasteiger partial charge in [0.15, 0.2) is 18.7 Å². The summed E-state index contributed by atoms with van der Waals surface area (Å²) < 4.78 is 11.3. The normalized spacial score (nSPS) is 10.3. The summed E-state index contributed by atoms with van der Waals surface area (Å²) in [5.41, 5.74) is 0.333. The molecular formula is C14H12BrNO4. The summed E-state index contributed by atoms with van der Waals surface area (Å²) in [7, 11) is 1.46. The van der Waals surface area contributed by atoms with Crippen molar-refractivity contribution in [3.63, 3.8) is 0 Å². The van der Waals surface area contributed by atoms with Crippen LogP contribution in [-0.4, -0.2) is 19.7 Å². The van der Waals surface area contributed by atoms with Gasteiger partial charge in [-0.1, -0.05) is 28.1 Å². The van der Waals surface area contributed by atoms with Crippen LogP contribution in [-0.2, 0) is 4.74 Å². The number of hydrogen-bond donors (Lipinski definition) is 0. The molecule has 2 rings (SSSR count). The van der Waals surface area contributed by atoms with E-state index in [0.717, 1.165) is 4.47 Å². The van der Waals surface area contributed by atoms with Gasteiger partial charge in [-0.05, 0) is 18.2 Å². The fourth-order valence-electron chi connectivity index (χ4n) is 1.69. The molecule has 1 aromatic heterocycles. The molecular weight excluding hydrogens is 326 g/mol. The summed E-state index contributed by atoms with van der Waals surface area (Å²) in [6.07, 6.45) is 1.25. The van der Waals surface area contributed by atoms with Crippen LogP contribution in [0.4, 0.5) is 0 Å². The lowest BCUT2D eigenvalue weighted by Gasteiger charge is -2.09. The van der Waals surface area contributed by atoms with E-state index in [9.17, 15) is 10.0 Å². The van der Waals surface area contributed by atoms with Crippen molar-refractivity contribution < 1.29 is 19.0 Å². The predicted molar refractivity (Wildman–Crippen MR) is 75.5 cm³/mol.